The SMILES string of the molecule is COC(=O)c1ccc(Br)c(N)n1.COC(=O)c1nc(N)c(Br)cc1F. The zero-order chi connectivity index (χ0) is 19.1. The summed E-state index contributed by atoms with van der Waals surface area (Å²) < 4.78 is 22.7. The minimum Gasteiger partial charge on any atom is -0.464 e. The van der Waals surface area contributed by atoms with Crippen LogP contribution >= 0.6 is 31.9 Å². The zero-order valence-corrected chi connectivity index (χ0v) is 16.2. The number of anilines is 2. The van der Waals surface area contributed by atoms with Gasteiger partial charge in [0.1, 0.15) is 11.6 Å². The molecule has 0 aliphatic heterocycles. The predicted octanol–water partition coefficient (Wildman–Crippen LogP) is 2.56. The molecule has 0 aromatic carbocycles. The first-order valence-corrected chi connectivity index (χ1v) is 8.00. The van der Waals surface area contributed by atoms with Gasteiger partial charge in [-0.1, -0.05) is 0 Å². The summed E-state index contributed by atoms with van der Waals surface area (Å²) in [5, 5.41) is 0. The van der Waals surface area contributed by atoms with Crippen molar-refractivity contribution in [3.05, 3.63) is 44.3 Å². The quantitative estimate of drug-likeness (QED) is 0.628. The number of esters is 2. The second kappa shape index (κ2) is 9.28. The summed E-state index contributed by atoms with van der Waals surface area (Å²) >= 11 is 6.13. The summed E-state index contributed by atoms with van der Waals surface area (Å²) in [6.07, 6.45) is 0. The van der Waals surface area contributed by atoms with E-state index in [-0.39, 0.29) is 17.3 Å². The Morgan fingerprint density at radius 3 is 2.08 bits per heavy atom. The Morgan fingerprint density at radius 2 is 1.56 bits per heavy atom. The van der Waals surface area contributed by atoms with E-state index in [0.717, 1.165) is 13.2 Å². The van der Waals surface area contributed by atoms with Crippen molar-refractivity contribution in [1.29, 1.82) is 0 Å². The van der Waals surface area contributed by atoms with E-state index >= 15 is 0 Å². The van der Waals surface area contributed by atoms with E-state index in [0.29, 0.717) is 8.95 Å². The Labute approximate surface area is 159 Å². The van der Waals surface area contributed by atoms with Crippen LogP contribution < -0.4 is 11.5 Å². The Kier molecular flexibility index (Phi) is 7.71. The maximum atomic E-state index is 13.0. The van der Waals surface area contributed by atoms with Crippen molar-refractivity contribution in [2.45, 2.75) is 0 Å². The van der Waals surface area contributed by atoms with Gasteiger partial charge >= 0.3 is 11.9 Å². The van der Waals surface area contributed by atoms with Gasteiger partial charge in [0, 0.05) is 0 Å². The average Bonchev–Trinajstić information content (AvgIpc) is 2.59. The highest BCUT2D eigenvalue weighted by Crippen LogP contribution is 2.20. The minimum absolute atomic E-state index is 0.0433. The molecule has 0 atom stereocenters. The number of aromatic nitrogens is 2. The summed E-state index contributed by atoms with van der Waals surface area (Å²) in [5.74, 6) is -1.79. The number of halogens is 3. The van der Waals surface area contributed by atoms with Crippen molar-refractivity contribution in [1.82, 2.24) is 9.97 Å². The van der Waals surface area contributed by atoms with Crippen LogP contribution in [0.25, 0.3) is 0 Å². The van der Waals surface area contributed by atoms with Gasteiger partial charge in [0.05, 0.1) is 23.2 Å². The second-order valence-corrected chi connectivity index (χ2v) is 5.94. The lowest BCUT2D eigenvalue weighted by molar-refractivity contribution is 0.0582. The first-order valence-electron chi connectivity index (χ1n) is 6.41. The topological polar surface area (TPSA) is 130 Å². The molecule has 2 aromatic heterocycles. The maximum Gasteiger partial charge on any atom is 0.359 e. The van der Waals surface area contributed by atoms with Crippen LogP contribution in [0.2, 0.25) is 0 Å². The summed E-state index contributed by atoms with van der Waals surface area (Å²) in [6, 6.07) is 4.25. The Bertz CT molecular complexity index is 805. The molecule has 0 saturated carbocycles. The maximum absolute atomic E-state index is 13.0. The molecule has 0 fully saturated rings. The summed E-state index contributed by atoms with van der Waals surface area (Å²) in [6.45, 7) is 0. The molecule has 0 radical (unpaired) electrons. The largest absolute Gasteiger partial charge is 0.464 e. The first-order chi connectivity index (χ1) is 11.7. The lowest BCUT2D eigenvalue weighted by Gasteiger charge is -2.02. The van der Waals surface area contributed by atoms with Gasteiger partial charge in [-0.3, -0.25) is 0 Å². The Morgan fingerprint density at radius 1 is 1.00 bits per heavy atom. The van der Waals surface area contributed by atoms with Gasteiger partial charge in [0.15, 0.2) is 17.2 Å². The Hall–Kier alpha value is -2.27. The van der Waals surface area contributed by atoms with Gasteiger partial charge < -0.3 is 20.9 Å². The van der Waals surface area contributed by atoms with Crippen molar-refractivity contribution in [2.75, 3.05) is 25.7 Å². The van der Waals surface area contributed by atoms with Gasteiger partial charge in [-0.05, 0) is 50.1 Å². The highest BCUT2D eigenvalue weighted by atomic mass is 79.9. The van der Waals surface area contributed by atoms with Crippen molar-refractivity contribution in [3.63, 3.8) is 0 Å². The summed E-state index contributed by atoms with van der Waals surface area (Å²) in [7, 11) is 2.43. The molecule has 0 spiro atoms. The van der Waals surface area contributed by atoms with Crippen LogP contribution in [0, 0.1) is 5.82 Å². The summed E-state index contributed by atoms with van der Waals surface area (Å²) in [5.41, 5.74) is 10.6. The molecule has 0 aliphatic rings. The molecule has 2 rings (SSSR count). The van der Waals surface area contributed by atoms with Gasteiger partial charge in [-0.15, -0.1) is 0 Å². The van der Waals surface area contributed by atoms with Crippen molar-refractivity contribution < 1.29 is 23.5 Å². The molecule has 0 aliphatic carbocycles. The van der Waals surface area contributed by atoms with E-state index in [2.05, 4.69) is 51.3 Å². The molecule has 11 heteroatoms. The van der Waals surface area contributed by atoms with E-state index in [1.54, 1.807) is 6.07 Å². The smallest absolute Gasteiger partial charge is 0.359 e. The van der Waals surface area contributed by atoms with E-state index in [9.17, 15) is 14.0 Å². The molecule has 0 unspecified atom stereocenters. The highest BCUT2D eigenvalue weighted by Gasteiger charge is 2.16. The van der Waals surface area contributed by atoms with Crippen molar-refractivity contribution in [2.24, 2.45) is 0 Å². The number of nitrogen functional groups attached to an aromatic ring is 2. The fourth-order valence-corrected chi connectivity index (χ4v) is 1.91. The average molecular weight is 480 g/mol. The van der Waals surface area contributed by atoms with E-state index in [1.807, 2.05) is 0 Å². The number of rotatable bonds is 2. The Balaban J connectivity index is 0.000000251. The molecule has 0 saturated heterocycles. The molecule has 0 bridgehead atoms. The number of pyridine rings is 2. The summed E-state index contributed by atoms with van der Waals surface area (Å²) in [4.78, 5) is 29.1. The number of ether oxygens (including phenoxy) is 2. The van der Waals surface area contributed by atoms with Crippen LogP contribution in [0.15, 0.2) is 27.1 Å². The van der Waals surface area contributed by atoms with Crippen LogP contribution in [0.3, 0.4) is 0 Å². The van der Waals surface area contributed by atoms with Gasteiger partial charge in [0.2, 0.25) is 0 Å². The van der Waals surface area contributed by atoms with Crippen LogP contribution in [-0.2, 0) is 9.47 Å². The predicted molar refractivity (Wildman–Crippen MR) is 95.3 cm³/mol. The minimum atomic E-state index is -0.850. The lowest BCUT2D eigenvalue weighted by atomic mass is 10.3. The monoisotopic (exact) mass is 478 g/mol. The molecule has 134 valence electrons. The van der Waals surface area contributed by atoms with Crippen LogP contribution in [0.4, 0.5) is 16.0 Å². The zero-order valence-electron chi connectivity index (χ0n) is 13.0. The number of hydrogen-bond donors (Lipinski definition) is 2. The van der Waals surface area contributed by atoms with Crippen LogP contribution in [-0.4, -0.2) is 36.1 Å². The third kappa shape index (κ3) is 5.64. The molecule has 2 aromatic rings. The second-order valence-electron chi connectivity index (χ2n) is 4.23. The lowest BCUT2D eigenvalue weighted by Crippen LogP contribution is -2.09. The highest BCUT2D eigenvalue weighted by molar-refractivity contribution is 9.11. The molecule has 4 N–H and O–H groups in total. The fraction of sp³-hybridized carbons (Fsp3) is 0.143. The van der Waals surface area contributed by atoms with Crippen LogP contribution in [0.5, 0.6) is 0 Å². The fourth-order valence-electron chi connectivity index (χ4n) is 1.40. The molecule has 0 amide bonds. The number of carbonyl (C=O) groups excluding carboxylic acids is 2. The van der Waals surface area contributed by atoms with Crippen molar-refractivity contribution in [3.8, 4) is 0 Å². The van der Waals surface area contributed by atoms with Gasteiger partial charge in [-0.2, -0.15) is 0 Å². The molecule has 2 heterocycles. The molecular weight excluding hydrogens is 467 g/mol. The third-order valence-electron chi connectivity index (χ3n) is 2.60. The number of nitrogens with zero attached hydrogens (tertiary/aromatic N) is 2. The third-order valence-corrected chi connectivity index (χ3v) is 3.91. The van der Waals surface area contributed by atoms with Crippen LogP contribution in [0.1, 0.15) is 21.0 Å². The molecule has 8 nitrogen and oxygen atoms in total. The molecule has 25 heavy (non-hydrogen) atoms. The van der Waals surface area contributed by atoms with Gasteiger partial charge in [0.25, 0.3) is 0 Å². The normalized spacial score (nSPS) is 9.64. The number of nitrogens with two attached hydrogens (primary N) is 2. The van der Waals surface area contributed by atoms with Gasteiger partial charge in [-0.25, -0.2) is 23.9 Å². The van der Waals surface area contributed by atoms with E-state index in [1.165, 1.54) is 13.2 Å². The van der Waals surface area contributed by atoms with E-state index in [4.69, 9.17) is 11.5 Å². The first kappa shape index (κ1) is 20.8. The number of methoxy groups -OCH3 is 2. The number of hydrogen-bond acceptors (Lipinski definition) is 8. The van der Waals surface area contributed by atoms with Crippen molar-refractivity contribution >= 4 is 55.4 Å². The molecular formula is C14H13Br2FN4O4. The van der Waals surface area contributed by atoms with E-state index < -0.39 is 23.4 Å². The standard InChI is InChI=1S/C7H6BrFN2O2.C7H7BrN2O2/c1-13-7(12)5-4(9)2-3(8)6(10)11-5;1-12-7(11)5-3-2-4(8)6(9)10-5/h2H,1H3,(H2,10,11);2-3H,1H3,(H2,9,10). The number of carbonyl (C=O) groups is 2.